The van der Waals surface area contributed by atoms with Crippen LogP contribution in [0.25, 0.3) is 0 Å². The molecule has 2 aromatic rings. The molecule has 0 bridgehead atoms. The lowest BCUT2D eigenvalue weighted by Gasteiger charge is -2.25. The van der Waals surface area contributed by atoms with Crippen molar-refractivity contribution >= 4 is 23.2 Å². The van der Waals surface area contributed by atoms with Gasteiger partial charge in [-0.25, -0.2) is 0 Å². The number of nitrogens with zero attached hydrogens (tertiary/aromatic N) is 1. The number of amides is 2. The van der Waals surface area contributed by atoms with Crippen molar-refractivity contribution in [3.63, 3.8) is 0 Å². The van der Waals surface area contributed by atoms with Crippen LogP contribution in [0.2, 0.25) is 0 Å². The zero-order valence-electron chi connectivity index (χ0n) is 15.2. The molecule has 1 aliphatic heterocycles. The zero-order valence-corrected chi connectivity index (χ0v) is 15.2. The summed E-state index contributed by atoms with van der Waals surface area (Å²) >= 11 is 0. The maximum Gasteiger partial charge on any atom is 0.316 e. The quantitative estimate of drug-likeness (QED) is 0.803. The van der Waals surface area contributed by atoms with Crippen molar-refractivity contribution in [2.24, 2.45) is 0 Å². The summed E-state index contributed by atoms with van der Waals surface area (Å²) in [4.78, 5) is 27.0. The molecule has 1 aliphatic rings. The highest BCUT2D eigenvalue weighted by atomic mass is 16.2. The second kappa shape index (κ2) is 6.36. The molecule has 4 heteroatoms. The van der Waals surface area contributed by atoms with Crippen molar-refractivity contribution < 1.29 is 9.59 Å². The number of benzene rings is 2. The molecule has 25 heavy (non-hydrogen) atoms. The fraction of sp³-hybridized carbons (Fsp3) is 0.333. The summed E-state index contributed by atoms with van der Waals surface area (Å²) in [5.74, 6) is -1.11. The van der Waals surface area contributed by atoms with E-state index in [0.29, 0.717) is 5.69 Å². The third kappa shape index (κ3) is 3.29. The van der Waals surface area contributed by atoms with Gasteiger partial charge in [-0.15, -0.1) is 0 Å². The number of carbonyl (C=O) groups is 2. The van der Waals surface area contributed by atoms with E-state index in [1.165, 1.54) is 0 Å². The molecule has 2 aromatic carbocycles. The minimum Gasteiger partial charge on any atom is -0.317 e. The van der Waals surface area contributed by atoms with Crippen LogP contribution in [0.4, 0.5) is 11.4 Å². The summed E-state index contributed by atoms with van der Waals surface area (Å²) in [6.07, 6.45) is 0.772. The number of anilines is 2. The maximum absolute atomic E-state index is 12.8. The van der Waals surface area contributed by atoms with Gasteiger partial charge in [0, 0.05) is 17.4 Å². The largest absolute Gasteiger partial charge is 0.317 e. The molecule has 1 heterocycles. The van der Waals surface area contributed by atoms with Gasteiger partial charge >= 0.3 is 11.8 Å². The Morgan fingerprint density at radius 3 is 2.40 bits per heavy atom. The van der Waals surface area contributed by atoms with E-state index >= 15 is 0 Å². The van der Waals surface area contributed by atoms with E-state index in [1.807, 2.05) is 55.5 Å². The van der Waals surface area contributed by atoms with Crippen molar-refractivity contribution in [3.8, 4) is 0 Å². The number of carbonyl (C=O) groups excluding carboxylic acids is 2. The van der Waals surface area contributed by atoms with Gasteiger partial charge in [0.1, 0.15) is 0 Å². The van der Waals surface area contributed by atoms with Gasteiger partial charge in [0.15, 0.2) is 0 Å². The van der Waals surface area contributed by atoms with Gasteiger partial charge in [0.2, 0.25) is 0 Å². The summed E-state index contributed by atoms with van der Waals surface area (Å²) in [6, 6.07) is 15.4. The first-order valence-electron chi connectivity index (χ1n) is 8.61. The highest BCUT2D eigenvalue weighted by Gasteiger charge is 2.34. The van der Waals surface area contributed by atoms with Crippen molar-refractivity contribution in [2.45, 2.75) is 45.6 Å². The molecule has 0 spiro atoms. The van der Waals surface area contributed by atoms with Gasteiger partial charge in [-0.1, -0.05) is 57.2 Å². The molecule has 0 radical (unpaired) electrons. The number of nitrogens with one attached hydrogen (secondary N) is 1. The summed E-state index contributed by atoms with van der Waals surface area (Å²) in [5.41, 5.74) is 3.51. The standard InChI is InChI=1S/C21H24N2O2/c1-14-13-15-9-5-8-12-18(15)23(14)20(25)19(24)22-17-11-7-6-10-16(17)21(2,3)4/h5-12,14H,13H2,1-4H3,(H,22,24). The zero-order chi connectivity index (χ0) is 18.2. The minimum atomic E-state index is -0.597. The molecule has 2 amide bonds. The molecule has 1 unspecified atom stereocenters. The monoisotopic (exact) mass is 336 g/mol. The van der Waals surface area contributed by atoms with Gasteiger partial charge in [-0.2, -0.15) is 0 Å². The van der Waals surface area contributed by atoms with E-state index in [9.17, 15) is 9.59 Å². The summed E-state index contributed by atoms with van der Waals surface area (Å²) < 4.78 is 0. The Morgan fingerprint density at radius 1 is 1.04 bits per heavy atom. The van der Waals surface area contributed by atoms with E-state index < -0.39 is 11.8 Å². The Kier molecular flexibility index (Phi) is 4.38. The van der Waals surface area contributed by atoms with Gasteiger partial charge in [-0.05, 0) is 42.0 Å². The van der Waals surface area contributed by atoms with Crippen LogP contribution in [0.3, 0.4) is 0 Å². The molecule has 0 aromatic heterocycles. The molecule has 1 N–H and O–H groups in total. The van der Waals surface area contributed by atoms with Gasteiger partial charge in [0.25, 0.3) is 0 Å². The minimum absolute atomic E-state index is 0.0199. The topological polar surface area (TPSA) is 49.4 Å². The fourth-order valence-corrected chi connectivity index (χ4v) is 3.41. The maximum atomic E-state index is 12.8. The molecule has 0 fully saturated rings. The van der Waals surface area contributed by atoms with E-state index in [0.717, 1.165) is 23.2 Å². The van der Waals surface area contributed by atoms with Crippen LogP contribution in [-0.4, -0.2) is 17.9 Å². The third-order valence-electron chi connectivity index (χ3n) is 4.60. The van der Waals surface area contributed by atoms with Crippen molar-refractivity contribution in [2.75, 3.05) is 10.2 Å². The summed E-state index contributed by atoms with van der Waals surface area (Å²) in [7, 11) is 0. The number of hydrogen-bond acceptors (Lipinski definition) is 2. The number of rotatable bonds is 1. The SMILES string of the molecule is CC1Cc2ccccc2N1C(=O)C(=O)Nc1ccccc1C(C)(C)C. The molecular weight excluding hydrogens is 312 g/mol. The second-order valence-corrected chi connectivity index (χ2v) is 7.61. The highest BCUT2D eigenvalue weighted by molar-refractivity contribution is 6.44. The Labute approximate surface area is 148 Å². The molecular formula is C21H24N2O2. The average molecular weight is 336 g/mol. The van der Waals surface area contributed by atoms with E-state index in [1.54, 1.807) is 4.90 Å². The summed E-state index contributed by atoms with van der Waals surface area (Å²) in [6.45, 7) is 8.21. The van der Waals surface area contributed by atoms with Gasteiger partial charge < -0.3 is 10.2 Å². The van der Waals surface area contributed by atoms with Crippen LogP contribution >= 0.6 is 0 Å². The molecule has 1 atom stereocenters. The lowest BCUT2D eigenvalue weighted by molar-refractivity contribution is -0.134. The molecule has 0 saturated heterocycles. The summed E-state index contributed by atoms with van der Waals surface area (Å²) in [5, 5.41) is 2.81. The second-order valence-electron chi connectivity index (χ2n) is 7.61. The number of hydrogen-bond donors (Lipinski definition) is 1. The van der Waals surface area contributed by atoms with Crippen molar-refractivity contribution in [1.29, 1.82) is 0 Å². The van der Waals surface area contributed by atoms with Crippen LogP contribution in [0, 0.1) is 0 Å². The predicted octanol–water partition coefficient (Wildman–Crippen LogP) is 3.90. The van der Waals surface area contributed by atoms with Crippen LogP contribution in [0.15, 0.2) is 48.5 Å². The predicted molar refractivity (Wildman–Crippen MR) is 101 cm³/mol. The Morgan fingerprint density at radius 2 is 1.68 bits per heavy atom. The van der Waals surface area contributed by atoms with Gasteiger partial charge in [-0.3, -0.25) is 9.59 Å². The van der Waals surface area contributed by atoms with Crippen LogP contribution in [-0.2, 0) is 21.4 Å². The lowest BCUT2D eigenvalue weighted by Crippen LogP contribution is -2.43. The Balaban J connectivity index is 1.85. The van der Waals surface area contributed by atoms with Crippen LogP contribution in [0.1, 0.15) is 38.8 Å². The third-order valence-corrected chi connectivity index (χ3v) is 4.60. The van der Waals surface area contributed by atoms with E-state index in [2.05, 4.69) is 26.1 Å². The van der Waals surface area contributed by atoms with Crippen molar-refractivity contribution in [1.82, 2.24) is 0 Å². The first kappa shape index (κ1) is 17.2. The van der Waals surface area contributed by atoms with E-state index in [-0.39, 0.29) is 11.5 Å². The fourth-order valence-electron chi connectivity index (χ4n) is 3.41. The average Bonchev–Trinajstić information content (AvgIpc) is 2.89. The highest BCUT2D eigenvalue weighted by Crippen LogP contribution is 2.33. The van der Waals surface area contributed by atoms with E-state index in [4.69, 9.17) is 0 Å². The normalized spacial score (nSPS) is 16.5. The Bertz CT molecular complexity index is 821. The number of para-hydroxylation sites is 2. The van der Waals surface area contributed by atoms with Crippen molar-refractivity contribution in [3.05, 3.63) is 59.7 Å². The first-order valence-corrected chi connectivity index (χ1v) is 8.61. The molecule has 0 aliphatic carbocycles. The Hall–Kier alpha value is -2.62. The molecule has 0 saturated carbocycles. The molecule has 4 nitrogen and oxygen atoms in total. The molecule has 3 rings (SSSR count). The van der Waals surface area contributed by atoms with Crippen LogP contribution in [0.5, 0.6) is 0 Å². The first-order chi connectivity index (χ1) is 11.8. The van der Waals surface area contributed by atoms with Crippen LogP contribution < -0.4 is 10.2 Å². The number of fused-ring (bicyclic) bond motifs is 1. The molecule has 130 valence electrons. The lowest BCUT2D eigenvalue weighted by atomic mass is 9.86. The van der Waals surface area contributed by atoms with Gasteiger partial charge in [0.05, 0.1) is 0 Å². The smallest absolute Gasteiger partial charge is 0.316 e.